The minimum Gasteiger partial charge on any atom is -0.465 e. The molecule has 0 aromatic heterocycles. The summed E-state index contributed by atoms with van der Waals surface area (Å²) in [6, 6.07) is 8.44. The Bertz CT molecular complexity index is 422. The van der Waals surface area contributed by atoms with Crippen LogP contribution in [0.3, 0.4) is 0 Å². The quantitative estimate of drug-likeness (QED) is 0.899. The number of hydrogen-bond donors (Lipinski definition) is 1. The van der Waals surface area contributed by atoms with Crippen LogP contribution in [0.15, 0.2) is 30.3 Å². The number of carbonyl (C=O) groups is 1. The fourth-order valence-electron chi connectivity index (χ4n) is 2.33. The van der Waals surface area contributed by atoms with Crippen LogP contribution in [0.4, 0.5) is 13.6 Å². The van der Waals surface area contributed by atoms with Gasteiger partial charge in [-0.25, -0.2) is 13.6 Å². The van der Waals surface area contributed by atoms with E-state index >= 15 is 0 Å². The molecule has 0 unspecified atom stereocenters. The van der Waals surface area contributed by atoms with Crippen molar-refractivity contribution in [3.05, 3.63) is 35.9 Å². The highest BCUT2D eigenvalue weighted by Crippen LogP contribution is 2.37. The van der Waals surface area contributed by atoms with E-state index in [4.69, 9.17) is 5.11 Å². The summed E-state index contributed by atoms with van der Waals surface area (Å²) in [7, 11) is 0. The van der Waals surface area contributed by atoms with Gasteiger partial charge in [0.15, 0.2) is 0 Å². The van der Waals surface area contributed by atoms with Gasteiger partial charge in [-0.05, 0) is 12.0 Å². The van der Waals surface area contributed by atoms with E-state index in [-0.39, 0.29) is 25.8 Å². The first-order valence-electron chi connectivity index (χ1n) is 5.89. The van der Waals surface area contributed by atoms with E-state index in [1.165, 1.54) is 0 Å². The van der Waals surface area contributed by atoms with Crippen LogP contribution in [0.25, 0.3) is 0 Å². The lowest BCUT2D eigenvalue weighted by Gasteiger charge is -2.26. The second-order valence-corrected chi connectivity index (χ2v) is 4.65. The largest absolute Gasteiger partial charge is 0.465 e. The second kappa shape index (κ2) is 4.92. The van der Waals surface area contributed by atoms with E-state index in [1.54, 1.807) is 24.3 Å². The van der Waals surface area contributed by atoms with Gasteiger partial charge in [0, 0.05) is 25.4 Å². The smallest absolute Gasteiger partial charge is 0.407 e. The Balaban J connectivity index is 2.08. The van der Waals surface area contributed by atoms with Crippen LogP contribution in [0.1, 0.15) is 24.8 Å². The molecule has 0 aliphatic heterocycles. The number of carboxylic acid groups (broad SMARTS) is 1. The normalized spacial score (nSPS) is 21.8. The third kappa shape index (κ3) is 2.97. The maximum absolute atomic E-state index is 13.1. The molecule has 5 heteroatoms. The van der Waals surface area contributed by atoms with Crippen molar-refractivity contribution in [1.82, 2.24) is 4.90 Å². The summed E-state index contributed by atoms with van der Waals surface area (Å²) in [5.41, 5.74) is 0.815. The van der Waals surface area contributed by atoms with E-state index in [1.807, 2.05) is 6.07 Å². The Labute approximate surface area is 104 Å². The van der Waals surface area contributed by atoms with Crippen molar-refractivity contribution in [3.63, 3.8) is 0 Å². The van der Waals surface area contributed by atoms with Crippen LogP contribution in [-0.4, -0.2) is 28.1 Å². The van der Waals surface area contributed by atoms with Crippen LogP contribution in [-0.2, 0) is 6.54 Å². The summed E-state index contributed by atoms with van der Waals surface area (Å²) in [5.74, 6) is -2.73. The van der Waals surface area contributed by atoms with Crippen molar-refractivity contribution in [2.75, 3.05) is 0 Å². The number of amides is 1. The predicted molar refractivity (Wildman–Crippen MR) is 62.6 cm³/mol. The Morgan fingerprint density at radius 2 is 2.06 bits per heavy atom. The molecule has 0 heterocycles. The second-order valence-electron chi connectivity index (χ2n) is 4.65. The number of halogens is 2. The van der Waals surface area contributed by atoms with Crippen molar-refractivity contribution in [2.45, 2.75) is 37.8 Å². The molecule has 3 nitrogen and oxygen atoms in total. The lowest BCUT2D eigenvalue weighted by Crippen LogP contribution is -2.38. The number of benzene rings is 1. The molecule has 98 valence electrons. The minimum absolute atomic E-state index is 0.164. The summed E-state index contributed by atoms with van der Waals surface area (Å²) in [5, 5.41) is 9.15. The van der Waals surface area contributed by atoms with Crippen molar-refractivity contribution < 1.29 is 18.7 Å². The molecule has 1 fully saturated rings. The van der Waals surface area contributed by atoms with Crippen LogP contribution in [0.2, 0.25) is 0 Å². The summed E-state index contributed by atoms with van der Waals surface area (Å²) in [4.78, 5) is 12.3. The van der Waals surface area contributed by atoms with Crippen LogP contribution in [0, 0.1) is 0 Å². The molecule has 1 aromatic rings. The Kier molecular flexibility index (Phi) is 3.50. The zero-order chi connectivity index (χ0) is 13.2. The van der Waals surface area contributed by atoms with Crippen LogP contribution >= 0.6 is 0 Å². The maximum atomic E-state index is 13.1. The van der Waals surface area contributed by atoms with Gasteiger partial charge in [-0.1, -0.05) is 30.3 Å². The average molecular weight is 255 g/mol. The van der Waals surface area contributed by atoms with Gasteiger partial charge in [0.2, 0.25) is 5.92 Å². The van der Waals surface area contributed by atoms with E-state index in [0.29, 0.717) is 0 Å². The monoisotopic (exact) mass is 255 g/mol. The molecule has 1 aliphatic carbocycles. The van der Waals surface area contributed by atoms with Crippen LogP contribution in [0.5, 0.6) is 0 Å². The third-order valence-electron chi connectivity index (χ3n) is 3.26. The highest BCUT2D eigenvalue weighted by Gasteiger charge is 2.43. The van der Waals surface area contributed by atoms with Crippen molar-refractivity contribution in [3.8, 4) is 0 Å². The topological polar surface area (TPSA) is 40.5 Å². The first-order valence-corrected chi connectivity index (χ1v) is 5.89. The molecule has 1 amide bonds. The van der Waals surface area contributed by atoms with Gasteiger partial charge in [0.05, 0.1) is 0 Å². The molecule has 0 radical (unpaired) electrons. The van der Waals surface area contributed by atoms with E-state index < -0.39 is 18.1 Å². The maximum Gasteiger partial charge on any atom is 0.407 e. The van der Waals surface area contributed by atoms with Crippen LogP contribution < -0.4 is 0 Å². The molecule has 1 saturated carbocycles. The molecular formula is C13H15F2NO2. The number of rotatable bonds is 3. The average Bonchev–Trinajstić information content (AvgIpc) is 2.67. The molecule has 0 spiro atoms. The highest BCUT2D eigenvalue weighted by atomic mass is 19.3. The Morgan fingerprint density at radius 1 is 1.39 bits per heavy atom. The SMILES string of the molecule is O=C(O)N(Cc1ccccc1)[C@H]1CCC(F)(F)C1. The first-order chi connectivity index (χ1) is 8.48. The zero-order valence-corrected chi connectivity index (χ0v) is 9.85. The third-order valence-corrected chi connectivity index (χ3v) is 3.26. The first kappa shape index (κ1) is 12.8. The molecule has 1 atom stereocenters. The standard InChI is InChI=1S/C13H15F2NO2/c14-13(15)7-6-11(8-13)16(12(17)18)9-10-4-2-1-3-5-10/h1-5,11H,6-9H2,(H,17,18)/t11-/m0/s1. The van der Waals surface area contributed by atoms with Gasteiger partial charge in [0.1, 0.15) is 0 Å². The minimum atomic E-state index is -2.73. The van der Waals surface area contributed by atoms with E-state index in [0.717, 1.165) is 10.5 Å². The van der Waals surface area contributed by atoms with Crippen molar-refractivity contribution in [2.24, 2.45) is 0 Å². The summed E-state index contributed by atoms with van der Waals surface area (Å²) < 4.78 is 26.3. The molecule has 0 bridgehead atoms. The van der Waals surface area contributed by atoms with Crippen molar-refractivity contribution in [1.29, 1.82) is 0 Å². The Morgan fingerprint density at radius 3 is 2.56 bits per heavy atom. The molecular weight excluding hydrogens is 240 g/mol. The van der Waals surface area contributed by atoms with Gasteiger partial charge >= 0.3 is 6.09 Å². The fourth-order valence-corrected chi connectivity index (χ4v) is 2.33. The van der Waals surface area contributed by atoms with Gasteiger partial charge in [-0.15, -0.1) is 0 Å². The van der Waals surface area contributed by atoms with E-state index in [9.17, 15) is 13.6 Å². The van der Waals surface area contributed by atoms with Crippen molar-refractivity contribution >= 4 is 6.09 Å². The number of hydrogen-bond acceptors (Lipinski definition) is 1. The summed E-state index contributed by atoms with van der Waals surface area (Å²) in [6.07, 6.45) is -1.50. The molecule has 1 aliphatic rings. The molecule has 1 N–H and O–H groups in total. The molecule has 1 aromatic carbocycles. The Hall–Kier alpha value is -1.65. The zero-order valence-electron chi connectivity index (χ0n) is 9.85. The molecule has 18 heavy (non-hydrogen) atoms. The van der Waals surface area contributed by atoms with Gasteiger partial charge in [0.25, 0.3) is 0 Å². The lowest BCUT2D eigenvalue weighted by atomic mass is 10.1. The molecule has 0 saturated heterocycles. The number of nitrogens with zero attached hydrogens (tertiary/aromatic N) is 1. The summed E-state index contributed by atoms with van der Waals surface area (Å²) >= 11 is 0. The lowest BCUT2D eigenvalue weighted by molar-refractivity contribution is 0.00130. The summed E-state index contributed by atoms with van der Waals surface area (Å²) in [6.45, 7) is 0.164. The number of alkyl halides is 2. The van der Waals surface area contributed by atoms with Gasteiger partial charge < -0.3 is 10.0 Å². The van der Waals surface area contributed by atoms with Gasteiger partial charge in [-0.3, -0.25) is 0 Å². The van der Waals surface area contributed by atoms with E-state index in [2.05, 4.69) is 0 Å². The van der Waals surface area contributed by atoms with Gasteiger partial charge in [-0.2, -0.15) is 0 Å². The predicted octanol–water partition coefficient (Wildman–Crippen LogP) is 3.35. The fraction of sp³-hybridized carbons (Fsp3) is 0.462. The highest BCUT2D eigenvalue weighted by molar-refractivity contribution is 5.65. The molecule has 2 rings (SSSR count).